The van der Waals surface area contributed by atoms with Crippen LogP contribution >= 0.6 is 0 Å². The fourth-order valence-electron chi connectivity index (χ4n) is 1.52. The second-order valence-corrected chi connectivity index (χ2v) is 4.67. The second-order valence-electron chi connectivity index (χ2n) is 4.67. The van der Waals surface area contributed by atoms with Gasteiger partial charge in [0.05, 0.1) is 16.9 Å². The molecule has 0 unspecified atom stereocenters. The second kappa shape index (κ2) is 6.65. The number of nitro benzene ring substituents is 1. The van der Waals surface area contributed by atoms with Gasteiger partial charge in [0.2, 0.25) is 0 Å². The number of hydrogen-bond acceptors (Lipinski definition) is 6. The Hall–Kier alpha value is -2.44. The van der Waals surface area contributed by atoms with E-state index in [9.17, 15) is 19.7 Å². The van der Waals surface area contributed by atoms with Crippen LogP contribution < -0.4 is 0 Å². The van der Waals surface area contributed by atoms with Gasteiger partial charge in [0.1, 0.15) is 12.2 Å². The van der Waals surface area contributed by atoms with Gasteiger partial charge in [-0.1, -0.05) is 12.1 Å². The Morgan fingerprint density at radius 3 is 2.65 bits per heavy atom. The van der Waals surface area contributed by atoms with Gasteiger partial charge in [-0.3, -0.25) is 14.9 Å². The summed E-state index contributed by atoms with van der Waals surface area (Å²) in [4.78, 5) is 32.0. The van der Waals surface area contributed by atoms with Crippen LogP contribution in [0.2, 0.25) is 0 Å². The van der Waals surface area contributed by atoms with E-state index in [0.29, 0.717) is 5.56 Å². The average Bonchev–Trinajstić information content (AvgIpc) is 2.35. The number of benzene rings is 1. The number of nitrogens with zero attached hydrogens (tertiary/aromatic N) is 1. The zero-order chi connectivity index (χ0) is 15.2. The van der Waals surface area contributed by atoms with Gasteiger partial charge < -0.3 is 9.47 Å². The van der Waals surface area contributed by atoms with Crippen molar-refractivity contribution in [3.05, 3.63) is 39.9 Å². The van der Waals surface area contributed by atoms with Crippen LogP contribution in [0.1, 0.15) is 25.8 Å². The zero-order valence-electron chi connectivity index (χ0n) is 11.1. The fourth-order valence-corrected chi connectivity index (χ4v) is 1.52. The molecule has 0 aliphatic carbocycles. The van der Waals surface area contributed by atoms with E-state index in [1.54, 1.807) is 6.07 Å². The van der Waals surface area contributed by atoms with Gasteiger partial charge in [0.15, 0.2) is 0 Å². The third-order valence-corrected chi connectivity index (χ3v) is 2.46. The lowest BCUT2D eigenvalue weighted by atomic mass is 10.1. The minimum absolute atomic E-state index is 0.114. The van der Waals surface area contributed by atoms with E-state index in [1.165, 1.54) is 38.5 Å². The maximum absolute atomic E-state index is 11.6. The number of rotatable bonds is 7. The van der Waals surface area contributed by atoms with Crippen LogP contribution in [-0.2, 0) is 25.7 Å². The summed E-state index contributed by atoms with van der Waals surface area (Å²) < 4.78 is 9.55. The fraction of sp³-hybridized carbons (Fsp3) is 0.385. The predicted octanol–water partition coefficient (Wildman–Crippen LogP) is 1.89. The summed E-state index contributed by atoms with van der Waals surface area (Å²) in [6.45, 7) is 4.12. The largest absolute Gasteiger partial charge is 0.460 e. The van der Waals surface area contributed by atoms with E-state index in [2.05, 4.69) is 4.74 Å². The van der Waals surface area contributed by atoms with Gasteiger partial charge in [-0.2, -0.15) is 0 Å². The summed E-state index contributed by atoms with van der Waals surface area (Å²) in [5, 5.41) is 10.8. The molecule has 0 aliphatic rings. The molecule has 107 valence electrons. The highest BCUT2D eigenvalue weighted by Crippen LogP contribution is 2.20. The van der Waals surface area contributed by atoms with E-state index in [0.717, 1.165) is 0 Å². The normalized spacial score (nSPS) is 10.7. The molecule has 0 aliphatic heterocycles. The van der Waals surface area contributed by atoms with Crippen LogP contribution in [0.25, 0.3) is 0 Å². The maximum Gasteiger partial charge on any atom is 0.418 e. The number of ether oxygens (including phenoxy) is 2. The molecule has 1 radical (unpaired) electrons. The molecule has 0 saturated carbocycles. The first-order chi connectivity index (χ1) is 9.35. The molecule has 1 rings (SSSR count). The van der Waals surface area contributed by atoms with Crippen molar-refractivity contribution in [1.29, 1.82) is 0 Å². The monoisotopic (exact) mass is 280 g/mol. The number of esters is 1. The van der Waals surface area contributed by atoms with Crippen LogP contribution in [0.3, 0.4) is 0 Å². The van der Waals surface area contributed by atoms with Gasteiger partial charge in [-0.05, 0) is 19.9 Å². The summed E-state index contributed by atoms with van der Waals surface area (Å²) in [5.74, 6) is -0.622. The molecule has 0 amide bonds. The topological polar surface area (TPSA) is 95.7 Å². The van der Waals surface area contributed by atoms with Crippen molar-refractivity contribution in [2.75, 3.05) is 0 Å². The Labute approximate surface area is 115 Å². The van der Waals surface area contributed by atoms with Crippen LogP contribution in [-0.4, -0.2) is 23.0 Å². The molecule has 1 aromatic rings. The molecule has 1 aromatic carbocycles. The minimum Gasteiger partial charge on any atom is -0.460 e. The van der Waals surface area contributed by atoms with E-state index >= 15 is 0 Å². The van der Waals surface area contributed by atoms with Crippen LogP contribution in [0.4, 0.5) is 5.69 Å². The molecular weight excluding hydrogens is 266 g/mol. The van der Waals surface area contributed by atoms with Crippen molar-refractivity contribution < 1.29 is 24.0 Å². The smallest absolute Gasteiger partial charge is 0.418 e. The number of carbonyl (C=O) groups excluding carboxylic acids is 2. The molecule has 0 spiro atoms. The summed E-state index contributed by atoms with van der Waals surface area (Å²) in [6.07, 6.45) is -0.164. The van der Waals surface area contributed by atoms with Gasteiger partial charge in [-0.25, -0.2) is 4.79 Å². The van der Waals surface area contributed by atoms with Gasteiger partial charge >= 0.3 is 12.4 Å². The van der Waals surface area contributed by atoms with Crippen molar-refractivity contribution in [1.82, 2.24) is 0 Å². The van der Waals surface area contributed by atoms with Crippen molar-refractivity contribution in [3.63, 3.8) is 0 Å². The maximum atomic E-state index is 11.6. The van der Waals surface area contributed by atoms with E-state index < -0.39 is 16.5 Å². The lowest BCUT2D eigenvalue weighted by molar-refractivity contribution is -0.385. The number of hydrogen-bond donors (Lipinski definition) is 0. The molecule has 0 aromatic heterocycles. The first kappa shape index (κ1) is 15.6. The SMILES string of the molecule is CC(C)(CC(=O)OCc1ccccc1[N+](=O)[O-])O[C]=O. The molecule has 0 atom stereocenters. The van der Waals surface area contributed by atoms with Crippen LogP contribution in [0, 0.1) is 10.1 Å². The Bertz CT molecular complexity index is 511. The Morgan fingerprint density at radius 2 is 2.05 bits per heavy atom. The number of nitro groups is 1. The Balaban J connectivity index is 2.62. The number of carbonyl (C=O) groups is 1. The van der Waals surface area contributed by atoms with Crippen molar-refractivity contribution in [3.8, 4) is 0 Å². The Kier molecular flexibility index (Phi) is 5.19. The molecule has 7 nitrogen and oxygen atoms in total. The van der Waals surface area contributed by atoms with Gasteiger partial charge in [0.25, 0.3) is 5.69 Å². The molecule has 0 fully saturated rings. The predicted molar refractivity (Wildman–Crippen MR) is 68.4 cm³/mol. The van der Waals surface area contributed by atoms with E-state index in [4.69, 9.17) is 4.74 Å². The zero-order valence-corrected chi connectivity index (χ0v) is 11.1. The molecule has 0 bridgehead atoms. The van der Waals surface area contributed by atoms with Crippen molar-refractivity contribution >= 4 is 18.1 Å². The molecule has 0 saturated heterocycles. The lowest BCUT2D eigenvalue weighted by Crippen LogP contribution is -2.28. The molecule has 7 heteroatoms. The van der Waals surface area contributed by atoms with Crippen molar-refractivity contribution in [2.24, 2.45) is 0 Å². The van der Waals surface area contributed by atoms with Crippen molar-refractivity contribution in [2.45, 2.75) is 32.5 Å². The first-order valence-corrected chi connectivity index (χ1v) is 5.79. The lowest BCUT2D eigenvalue weighted by Gasteiger charge is -2.20. The highest BCUT2D eigenvalue weighted by Gasteiger charge is 2.25. The van der Waals surface area contributed by atoms with Crippen LogP contribution in [0.15, 0.2) is 24.3 Å². The highest BCUT2D eigenvalue weighted by molar-refractivity contribution is 5.71. The molecule has 20 heavy (non-hydrogen) atoms. The summed E-state index contributed by atoms with van der Waals surface area (Å²) in [7, 11) is 0. The molecule has 0 N–H and O–H groups in total. The third kappa shape index (κ3) is 4.68. The summed E-state index contributed by atoms with van der Waals surface area (Å²) >= 11 is 0. The number of para-hydroxylation sites is 1. The molecule has 0 heterocycles. The average molecular weight is 280 g/mol. The van der Waals surface area contributed by atoms with Gasteiger partial charge in [0, 0.05) is 6.07 Å². The third-order valence-electron chi connectivity index (χ3n) is 2.46. The quantitative estimate of drug-likeness (QED) is 0.430. The van der Waals surface area contributed by atoms with Crippen LogP contribution in [0.5, 0.6) is 0 Å². The van der Waals surface area contributed by atoms with E-state index in [1.807, 2.05) is 0 Å². The summed E-state index contributed by atoms with van der Waals surface area (Å²) in [6, 6.07) is 5.98. The van der Waals surface area contributed by atoms with E-state index in [-0.39, 0.29) is 18.7 Å². The minimum atomic E-state index is -1.03. The summed E-state index contributed by atoms with van der Waals surface area (Å²) in [5.41, 5.74) is -0.842. The van der Waals surface area contributed by atoms with Gasteiger partial charge in [-0.15, -0.1) is 0 Å². The Morgan fingerprint density at radius 1 is 1.40 bits per heavy atom. The first-order valence-electron chi connectivity index (χ1n) is 5.79. The molecular formula is C13H14NO6. The standard InChI is InChI=1S/C13H14NO6/c1-13(2,20-9-15)7-12(16)19-8-10-5-3-4-6-11(10)14(17)18/h3-6H,7-8H2,1-2H3. The highest BCUT2D eigenvalue weighted by atomic mass is 16.6.